The average Bonchev–Trinajstić information content (AvgIpc) is 3.20. The van der Waals surface area contributed by atoms with Crippen molar-refractivity contribution in [1.82, 2.24) is 0 Å². The highest BCUT2D eigenvalue weighted by Crippen LogP contribution is 2.43. The van der Waals surface area contributed by atoms with Crippen LogP contribution in [0.15, 0.2) is 72.9 Å². The quantitative estimate of drug-likeness (QED) is 0.0114. The number of aliphatic hydroxyl groups is 3. The van der Waals surface area contributed by atoms with Crippen LogP contribution in [0, 0.1) is 0 Å². The molecule has 0 aromatic carbocycles. The van der Waals surface area contributed by atoms with Gasteiger partial charge in [-0.1, -0.05) is 138 Å². The van der Waals surface area contributed by atoms with Crippen molar-refractivity contribution in [2.45, 2.75) is 166 Å². The van der Waals surface area contributed by atoms with Crippen molar-refractivity contribution < 1.29 is 62.8 Å². The van der Waals surface area contributed by atoms with Crippen LogP contribution in [0.4, 0.5) is 0 Å². The van der Waals surface area contributed by atoms with Crippen LogP contribution in [0.5, 0.6) is 0 Å². The molecule has 0 saturated heterocycles. The number of aliphatic hydroxyl groups excluding tert-OH is 3. The normalized spacial score (nSPS) is 16.1. The number of aliphatic carboxylic acids is 1. The first-order valence-electron chi connectivity index (χ1n) is 21.3. The van der Waals surface area contributed by atoms with E-state index >= 15 is 0 Å². The highest BCUT2D eigenvalue weighted by molar-refractivity contribution is 7.47. The first-order valence-corrected chi connectivity index (χ1v) is 22.8. The van der Waals surface area contributed by atoms with Crippen molar-refractivity contribution in [1.29, 1.82) is 0 Å². The van der Waals surface area contributed by atoms with Crippen LogP contribution in [0.2, 0.25) is 0 Å². The van der Waals surface area contributed by atoms with E-state index in [-0.39, 0.29) is 25.7 Å². The van der Waals surface area contributed by atoms with Gasteiger partial charge < -0.3 is 40.5 Å². The lowest BCUT2D eigenvalue weighted by Crippen LogP contribution is -2.34. The summed E-state index contributed by atoms with van der Waals surface area (Å²) < 4.78 is 32.4. The van der Waals surface area contributed by atoms with Gasteiger partial charge in [-0.3, -0.25) is 23.4 Å². The lowest BCUT2D eigenvalue weighted by Gasteiger charge is -2.20. The maximum absolute atomic E-state index is 12.6. The summed E-state index contributed by atoms with van der Waals surface area (Å²) in [5, 5.41) is 39.3. The maximum atomic E-state index is 12.6. The van der Waals surface area contributed by atoms with Crippen molar-refractivity contribution >= 4 is 25.7 Å². The molecule has 0 aromatic heterocycles. The Bertz CT molecular complexity index is 1330. The van der Waals surface area contributed by atoms with E-state index in [0.717, 1.165) is 44.9 Å². The highest BCUT2D eigenvalue weighted by atomic mass is 31.2. The van der Waals surface area contributed by atoms with E-state index in [2.05, 4.69) is 23.6 Å². The summed E-state index contributed by atoms with van der Waals surface area (Å²) in [6, 6.07) is -1.58. The Kier molecular flexibility index (Phi) is 35.7. The number of carbonyl (C=O) groups is 3. The van der Waals surface area contributed by atoms with Gasteiger partial charge in [0.2, 0.25) is 0 Å². The number of allylic oxidation sites excluding steroid dienone is 9. The van der Waals surface area contributed by atoms with Gasteiger partial charge in [0.1, 0.15) is 12.6 Å². The zero-order valence-corrected chi connectivity index (χ0v) is 36.3. The summed E-state index contributed by atoms with van der Waals surface area (Å²) in [5.74, 6) is -2.77. The molecule has 0 fully saturated rings. The Hall–Kier alpha value is -3.20. The predicted octanol–water partition coefficient (Wildman–Crippen LogP) is 7.86. The zero-order chi connectivity index (χ0) is 44.0. The van der Waals surface area contributed by atoms with Gasteiger partial charge in [0.05, 0.1) is 31.5 Å². The summed E-state index contributed by atoms with van der Waals surface area (Å²) in [6.07, 6.45) is 33.4. The number of hydrogen-bond donors (Lipinski definition) is 6. The number of carboxylic acids is 1. The minimum atomic E-state index is -4.82. The van der Waals surface area contributed by atoms with E-state index in [1.807, 2.05) is 19.1 Å². The Balaban J connectivity index is 4.74. The molecule has 0 aliphatic heterocycles. The third-order valence-electron chi connectivity index (χ3n) is 8.78. The third-order valence-corrected chi connectivity index (χ3v) is 9.73. The minimum absolute atomic E-state index is 0.0427. The fourth-order valence-electron chi connectivity index (χ4n) is 5.28. The van der Waals surface area contributed by atoms with Gasteiger partial charge >= 0.3 is 25.7 Å². The number of nitrogens with two attached hydrogens (primary N) is 1. The second-order valence-electron chi connectivity index (χ2n) is 14.3. The lowest BCUT2D eigenvalue weighted by molar-refractivity contribution is -0.161. The molecule has 0 rings (SSSR count). The van der Waals surface area contributed by atoms with E-state index < -0.39 is 76.0 Å². The molecule has 0 heterocycles. The topological polar surface area (TPSA) is 232 Å². The number of phosphoric acid groups is 1. The standard InChI is InChI=1S/C44H74NO13P/c1-3-5-7-8-9-10-11-12-13-14-15-16-17-22-26-32-42(49)55-34-38(35-56-59(53,54)57-36-39(45)44(51)52)58-43(50)33-27-31-41(48)40(47)30-25-21-19-18-20-24-29-37(46)28-23-6-4-2/h6,10-11,18-21,23-25,29-30,37-41,46-48H,3-5,7-9,12-17,22,26-28,31-36,45H2,1-2H3,(H,51,52)(H,53,54)/b11-10-,20-18+,21-19-,23-6-,29-24+,30-25-/t37-,38+,39-,40+,41+/m0/s1. The summed E-state index contributed by atoms with van der Waals surface area (Å²) in [4.78, 5) is 46.0. The van der Waals surface area contributed by atoms with Crippen LogP contribution >= 0.6 is 7.82 Å². The van der Waals surface area contributed by atoms with Crippen LogP contribution in [0.25, 0.3) is 0 Å². The molecular weight excluding hydrogens is 781 g/mol. The summed E-state index contributed by atoms with van der Waals surface area (Å²) in [7, 11) is -4.82. The number of ether oxygens (including phenoxy) is 2. The Morgan fingerprint density at radius 2 is 1.22 bits per heavy atom. The van der Waals surface area contributed by atoms with Gasteiger partial charge in [0, 0.05) is 12.8 Å². The van der Waals surface area contributed by atoms with Gasteiger partial charge in [-0.2, -0.15) is 0 Å². The van der Waals surface area contributed by atoms with Crippen molar-refractivity contribution in [3.05, 3.63) is 72.9 Å². The van der Waals surface area contributed by atoms with E-state index in [1.165, 1.54) is 44.6 Å². The number of unbranched alkanes of at least 4 members (excludes halogenated alkanes) is 11. The van der Waals surface area contributed by atoms with Crippen LogP contribution < -0.4 is 5.73 Å². The van der Waals surface area contributed by atoms with Crippen LogP contribution in [-0.2, 0) is 37.5 Å². The van der Waals surface area contributed by atoms with Crippen molar-refractivity contribution in [3.63, 3.8) is 0 Å². The third kappa shape index (κ3) is 36.4. The Morgan fingerprint density at radius 1 is 0.661 bits per heavy atom. The van der Waals surface area contributed by atoms with Crippen molar-refractivity contribution in [2.24, 2.45) is 5.73 Å². The number of hydrogen-bond acceptors (Lipinski definition) is 12. The van der Waals surface area contributed by atoms with Gasteiger partial charge in [0.25, 0.3) is 0 Å². The summed E-state index contributed by atoms with van der Waals surface area (Å²) >= 11 is 0. The number of rotatable bonds is 38. The van der Waals surface area contributed by atoms with Gasteiger partial charge in [-0.25, -0.2) is 4.57 Å². The summed E-state index contributed by atoms with van der Waals surface area (Å²) in [6.45, 7) is 2.22. The minimum Gasteiger partial charge on any atom is -0.480 e. The average molecular weight is 856 g/mol. The fraction of sp³-hybridized carbons (Fsp3) is 0.659. The van der Waals surface area contributed by atoms with Gasteiger partial charge in [0.15, 0.2) is 6.10 Å². The first kappa shape index (κ1) is 55.8. The number of carbonyl (C=O) groups excluding carboxylic acids is 2. The molecule has 0 saturated carbocycles. The molecule has 59 heavy (non-hydrogen) atoms. The van der Waals surface area contributed by atoms with E-state index in [9.17, 15) is 39.2 Å². The second-order valence-corrected chi connectivity index (χ2v) is 15.8. The molecule has 0 radical (unpaired) electrons. The molecule has 1 unspecified atom stereocenters. The van der Waals surface area contributed by atoms with E-state index in [4.69, 9.17) is 24.8 Å². The van der Waals surface area contributed by atoms with Crippen LogP contribution in [-0.4, -0.2) is 93.5 Å². The number of phosphoric ester groups is 1. The molecule has 338 valence electrons. The molecule has 0 bridgehead atoms. The van der Waals surface area contributed by atoms with Crippen molar-refractivity contribution in [2.75, 3.05) is 19.8 Å². The fourth-order valence-corrected chi connectivity index (χ4v) is 6.06. The smallest absolute Gasteiger partial charge is 0.472 e. The number of esters is 2. The van der Waals surface area contributed by atoms with Gasteiger partial charge in [-0.15, -0.1) is 0 Å². The first-order chi connectivity index (χ1) is 28.3. The maximum Gasteiger partial charge on any atom is 0.472 e. The van der Waals surface area contributed by atoms with Crippen LogP contribution in [0.3, 0.4) is 0 Å². The Labute approximate surface area is 352 Å². The molecule has 0 aliphatic carbocycles. The lowest BCUT2D eigenvalue weighted by atomic mass is 10.1. The molecule has 0 spiro atoms. The monoisotopic (exact) mass is 855 g/mol. The molecule has 0 amide bonds. The molecule has 7 N–H and O–H groups in total. The largest absolute Gasteiger partial charge is 0.480 e. The molecule has 14 nitrogen and oxygen atoms in total. The van der Waals surface area contributed by atoms with E-state index in [0.29, 0.717) is 12.8 Å². The molecule has 0 aliphatic rings. The molecule has 15 heteroatoms. The Morgan fingerprint density at radius 3 is 1.85 bits per heavy atom. The predicted molar refractivity (Wildman–Crippen MR) is 230 cm³/mol. The molecule has 6 atom stereocenters. The SMILES string of the molecule is CC/C=C\C[C@H](O)/C=C/C=C/C=C\C=C/[C@@H](O)[C@H](O)CCCC(=O)O[C@H](COC(=O)CCCCCCCCC/C=C\CCCCCC)COP(=O)(O)OC[C@H](N)C(=O)O. The van der Waals surface area contributed by atoms with Gasteiger partial charge in [-0.05, 0) is 57.8 Å². The number of carboxylic acid groups (broad SMARTS) is 1. The highest BCUT2D eigenvalue weighted by Gasteiger charge is 2.28. The zero-order valence-electron chi connectivity index (χ0n) is 35.4. The molecular formula is C44H74NO13P. The molecule has 0 aromatic rings. The van der Waals surface area contributed by atoms with Crippen molar-refractivity contribution in [3.8, 4) is 0 Å². The summed E-state index contributed by atoms with van der Waals surface area (Å²) in [5.41, 5.74) is 5.31. The van der Waals surface area contributed by atoms with E-state index in [1.54, 1.807) is 42.5 Å². The second kappa shape index (κ2) is 37.8. The van der Waals surface area contributed by atoms with Crippen LogP contribution in [0.1, 0.15) is 136 Å².